The van der Waals surface area contributed by atoms with Gasteiger partial charge in [-0.05, 0) is 86.1 Å². The molecule has 52 heavy (non-hydrogen) atoms. The number of amides is 5. The molecule has 1 aliphatic carbocycles. The van der Waals surface area contributed by atoms with Crippen LogP contribution >= 0.6 is 0 Å². The summed E-state index contributed by atoms with van der Waals surface area (Å²) in [6.07, 6.45) is 0.0136. The fourth-order valence-corrected chi connectivity index (χ4v) is 5.98. The lowest BCUT2D eigenvalue weighted by atomic mass is 9.98. The van der Waals surface area contributed by atoms with Gasteiger partial charge in [0.25, 0.3) is 0 Å². The molecule has 13 heteroatoms. The molecule has 0 aliphatic heterocycles. The van der Waals surface area contributed by atoms with Crippen LogP contribution < -0.4 is 32.3 Å². The van der Waals surface area contributed by atoms with Gasteiger partial charge < -0.3 is 41.8 Å². The minimum Gasteiger partial charge on any atom is -0.456 e. The van der Waals surface area contributed by atoms with E-state index in [0.29, 0.717) is 17.7 Å². The van der Waals surface area contributed by atoms with Gasteiger partial charge in [-0.25, -0.2) is 14.4 Å². The van der Waals surface area contributed by atoms with Crippen molar-refractivity contribution in [1.82, 2.24) is 21.3 Å². The molecular weight excluding hydrogens is 664 g/mol. The topological polar surface area (TPSA) is 190 Å². The van der Waals surface area contributed by atoms with E-state index in [1.165, 1.54) is 0 Å². The number of nitrogens with two attached hydrogens (primary N) is 1. The molecule has 0 heterocycles. The van der Waals surface area contributed by atoms with E-state index in [2.05, 4.69) is 50.8 Å². The zero-order valence-corrected chi connectivity index (χ0v) is 30.4. The first kappa shape index (κ1) is 39.4. The number of benzene rings is 3. The lowest BCUT2D eigenvalue weighted by Gasteiger charge is -2.25. The molecule has 0 bridgehead atoms. The standard InChI is InChI=1S/C39H50N6O7/c1-24(2)33(41-21-22-43-38(50)51-23-31-29-13-8-6-11-27(29)28-12-7-9-14-30(28)31)35(47)45-32(15-10-20-42-37(40)49)34(46)44-26-18-16-25(17-19-26)36(48)52-39(3,4)5/h6-9,11-14,16-19,24,31-33,41H,10,15,20-23H2,1-5H3,(H,43,50)(H,44,46)(H,45,47)(H3,40,42,49)/t32-,33-/m0/s1. The lowest BCUT2D eigenvalue weighted by Crippen LogP contribution is -2.54. The average molecular weight is 715 g/mol. The molecule has 5 amide bonds. The molecule has 4 rings (SSSR count). The van der Waals surface area contributed by atoms with Crippen molar-refractivity contribution < 1.29 is 33.4 Å². The molecule has 0 spiro atoms. The number of alkyl carbamates (subject to hydrolysis) is 1. The zero-order valence-electron chi connectivity index (χ0n) is 30.4. The highest BCUT2D eigenvalue weighted by atomic mass is 16.6. The molecule has 0 aromatic heterocycles. The summed E-state index contributed by atoms with van der Waals surface area (Å²) < 4.78 is 11.0. The average Bonchev–Trinajstić information content (AvgIpc) is 3.41. The van der Waals surface area contributed by atoms with Gasteiger partial charge >= 0.3 is 18.1 Å². The van der Waals surface area contributed by atoms with Crippen molar-refractivity contribution in [2.75, 3.05) is 31.6 Å². The van der Waals surface area contributed by atoms with E-state index in [4.69, 9.17) is 15.2 Å². The smallest absolute Gasteiger partial charge is 0.407 e. The maximum atomic E-state index is 13.5. The van der Waals surface area contributed by atoms with E-state index in [1.54, 1.807) is 45.0 Å². The van der Waals surface area contributed by atoms with E-state index in [9.17, 15) is 24.0 Å². The van der Waals surface area contributed by atoms with E-state index in [-0.39, 0.29) is 44.5 Å². The van der Waals surface area contributed by atoms with E-state index in [0.717, 1.165) is 22.3 Å². The Bertz CT molecular complexity index is 1670. The predicted octanol–water partition coefficient (Wildman–Crippen LogP) is 4.67. The number of ether oxygens (including phenoxy) is 2. The molecule has 0 fully saturated rings. The first-order chi connectivity index (χ1) is 24.7. The van der Waals surface area contributed by atoms with Crippen LogP contribution in [0.4, 0.5) is 15.3 Å². The number of urea groups is 1. The Morgan fingerprint density at radius 2 is 1.40 bits per heavy atom. The fourth-order valence-electron chi connectivity index (χ4n) is 5.98. The summed E-state index contributed by atoms with van der Waals surface area (Å²) in [4.78, 5) is 63.1. The molecule has 13 nitrogen and oxygen atoms in total. The van der Waals surface area contributed by atoms with Gasteiger partial charge in [-0.3, -0.25) is 9.59 Å². The summed E-state index contributed by atoms with van der Waals surface area (Å²) in [6.45, 7) is 9.94. The summed E-state index contributed by atoms with van der Waals surface area (Å²) in [7, 11) is 0. The maximum absolute atomic E-state index is 13.5. The van der Waals surface area contributed by atoms with Crippen molar-refractivity contribution in [1.29, 1.82) is 0 Å². The number of hydrogen-bond acceptors (Lipinski definition) is 8. The minimum atomic E-state index is -0.949. The number of nitrogens with one attached hydrogen (secondary N) is 5. The Kier molecular flexibility index (Phi) is 13.8. The van der Waals surface area contributed by atoms with Crippen LogP contribution in [0.3, 0.4) is 0 Å². The van der Waals surface area contributed by atoms with Crippen LogP contribution in [0.25, 0.3) is 11.1 Å². The first-order valence-corrected chi connectivity index (χ1v) is 17.5. The van der Waals surface area contributed by atoms with Crippen molar-refractivity contribution in [3.05, 3.63) is 89.5 Å². The summed E-state index contributed by atoms with van der Waals surface area (Å²) >= 11 is 0. The zero-order chi connectivity index (χ0) is 37.8. The van der Waals surface area contributed by atoms with Crippen LogP contribution in [0.5, 0.6) is 0 Å². The molecule has 2 atom stereocenters. The Morgan fingerprint density at radius 1 is 0.788 bits per heavy atom. The molecule has 7 N–H and O–H groups in total. The van der Waals surface area contributed by atoms with Gasteiger partial charge in [0.2, 0.25) is 11.8 Å². The number of hydrogen-bond donors (Lipinski definition) is 6. The van der Waals surface area contributed by atoms with Crippen molar-refractivity contribution in [3.8, 4) is 11.1 Å². The van der Waals surface area contributed by atoms with Gasteiger partial charge in [0, 0.05) is 31.2 Å². The highest BCUT2D eigenvalue weighted by molar-refractivity contribution is 5.98. The van der Waals surface area contributed by atoms with E-state index in [1.807, 2.05) is 38.1 Å². The third-order valence-electron chi connectivity index (χ3n) is 8.44. The number of primary amides is 1. The second-order valence-electron chi connectivity index (χ2n) is 14.0. The highest BCUT2D eigenvalue weighted by Crippen LogP contribution is 2.44. The number of carbonyl (C=O) groups is 5. The number of esters is 1. The lowest BCUT2D eigenvalue weighted by molar-refractivity contribution is -0.128. The quantitative estimate of drug-likeness (QED) is 0.0912. The molecule has 0 saturated carbocycles. The van der Waals surface area contributed by atoms with E-state index >= 15 is 0 Å². The molecule has 0 saturated heterocycles. The van der Waals surface area contributed by atoms with Crippen molar-refractivity contribution in [2.24, 2.45) is 11.7 Å². The number of anilines is 1. The van der Waals surface area contributed by atoms with Gasteiger partial charge in [0.1, 0.15) is 18.2 Å². The van der Waals surface area contributed by atoms with E-state index < -0.39 is 47.6 Å². The van der Waals surface area contributed by atoms with Crippen LogP contribution in [0.2, 0.25) is 0 Å². The number of fused-ring (bicyclic) bond motifs is 3. The van der Waals surface area contributed by atoms with Gasteiger partial charge in [-0.1, -0.05) is 62.4 Å². The molecule has 0 unspecified atom stereocenters. The number of rotatable bonds is 16. The Morgan fingerprint density at radius 3 is 1.98 bits per heavy atom. The van der Waals surface area contributed by atoms with Crippen LogP contribution in [-0.4, -0.2) is 73.8 Å². The largest absolute Gasteiger partial charge is 0.456 e. The summed E-state index contributed by atoms with van der Waals surface area (Å²) in [5.74, 6) is -1.58. The minimum absolute atomic E-state index is 0.0568. The first-order valence-electron chi connectivity index (χ1n) is 17.5. The van der Waals surface area contributed by atoms with Crippen LogP contribution in [0.1, 0.15) is 74.9 Å². The van der Waals surface area contributed by atoms with Crippen LogP contribution in [0, 0.1) is 5.92 Å². The summed E-state index contributed by atoms with van der Waals surface area (Å²) in [5, 5.41) is 14.0. The van der Waals surface area contributed by atoms with Crippen LogP contribution in [-0.2, 0) is 19.1 Å². The Balaban J connectivity index is 1.29. The van der Waals surface area contributed by atoms with Gasteiger partial charge in [-0.2, -0.15) is 0 Å². The fraction of sp³-hybridized carbons (Fsp3) is 0.410. The Hall–Kier alpha value is -5.43. The van der Waals surface area contributed by atoms with Crippen molar-refractivity contribution >= 4 is 35.6 Å². The maximum Gasteiger partial charge on any atom is 0.407 e. The molecule has 0 radical (unpaired) electrons. The van der Waals surface area contributed by atoms with Gasteiger partial charge in [0.15, 0.2) is 0 Å². The monoisotopic (exact) mass is 714 g/mol. The second-order valence-corrected chi connectivity index (χ2v) is 14.0. The SMILES string of the molecule is CC(C)[C@H](NCCNC(=O)OCC1c2ccccc2-c2ccccc21)C(=O)N[C@@H](CCCNC(N)=O)C(=O)Nc1ccc(C(=O)OC(C)(C)C)cc1. The third kappa shape index (κ3) is 11.3. The third-order valence-corrected chi connectivity index (χ3v) is 8.44. The summed E-state index contributed by atoms with van der Waals surface area (Å²) in [5.41, 5.74) is 9.80. The highest BCUT2D eigenvalue weighted by Gasteiger charge is 2.30. The second kappa shape index (κ2) is 18.2. The van der Waals surface area contributed by atoms with Gasteiger partial charge in [-0.15, -0.1) is 0 Å². The van der Waals surface area contributed by atoms with Crippen molar-refractivity contribution in [3.63, 3.8) is 0 Å². The van der Waals surface area contributed by atoms with Gasteiger partial charge in [0.05, 0.1) is 11.6 Å². The molecule has 1 aliphatic rings. The number of carbonyl (C=O) groups excluding carboxylic acids is 5. The van der Waals surface area contributed by atoms with Crippen molar-refractivity contribution in [2.45, 2.75) is 71.1 Å². The molecule has 278 valence electrons. The molecular formula is C39H50N6O7. The normalized spacial score (nSPS) is 13.3. The van der Waals surface area contributed by atoms with Crippen LogP contribution in [0.15, 0.2) is 72.8 Å². The molecule has 3 aromatic carbocycles. The Labute approximate surface area is 304 Å². The molecule has 3 aromatic rings. The predicted molar refractivity (Wildman–Crippen MR) is 199 cm³/mol. The summed E-state index contributed by atoms with van der Waals surface area (Å²) in [6, 6.07) is 20.1.